The van der Waals surface area contributed by atoms with E-state index in [4.69, 9.17) is 0 Å². The second-order valence-corrected chi connectivity index (χ2v) is 8.96. The lowest BCUT2D eigenvalue weighted by Crippen LogP contribution is -2.27. The highest BCUT2D eigenvalue weighted by Gasteiger charge is 2.22. The number of nitrogens with zero attached hydrogens (tertiary/aromatic N) is 2. The number of aryl methyl sites for hydroxylation is 1. The minimum Gasteiger partial charge on any atom is -0.357 e. The molecule has 1 amide bonds. The van der Waals surface area contributed by atoms with Crippen LogP contribution in [0, 0.1) is 6.92 Å². The minimum absolute atomic E-state index is 0.0383. The number of nitrogens with one attached hydrogen (secondary N) is 2. The number of carbonyl (C=O) groups excluding carboxylic acids is 1. The lowest BCUT2D eigenvalue weighted by atomic mass is 10.2. The molecule has 1 aromatic heterocycles. The van der Waals surface area contributed by atoms with E-state index in [1.54, 1.807) is 11.8 Å². The van der Waals surface area contributed by atoms with Crippen LogP contribution in [0.4, 0.5) is 5.13 Å². The van der Waals surface area contributed by atoms with Crippen molar-refractivity contribution in [3.05, 3.63) is 29.8 Å². The van der Waals surface area contributed by atoms with Crippen LogP contribution in [-0.2, 0) is 4.79 Å². The molecule has 1 aliphatic carbocycles. The molecule has 2 N–H and O–H groups in total. The molecule has 0 saturated heterocycles. The van der Waals surface area contributed by atoms with Crippen LogP contribution in [0.15, 0.2) is 33.5 Å². The molecule has 0 spiro atoms. The molecule has 3 rings (SSSR count). The molecule has 0 radical (unpaired) electrons. The van der Waals surface area contributed by atoms with Gasteiger partial charge in [-0.05, 0) is 31.9 Å². The number of hydrogen-bond donors (Lipinski definition) is 2. The largest absolute Gasteiger partial charge is 0.357 e. The molecule has 24 heavy (non-hydrogen) atoms. The summed E-state index contributed by atoms with van der Waals surface area (Å²) in [6.07, 6.45) is 2.43. The van der Waals surface area contributed by atoms with Crippen molar-refractivity contribution in [3.63, 3.8) is 0 Å². The third kappa shape index (κ3) is 5.99. The van der Waals surface area contributed by atoms with Gasteiger partial charge in [0.05, 0.1) is 5.75 Å². The van der Waals surface area contributed by atoms with Gasteiger partial charge in [-0.1, -0.05) is 40.8 Å². The fourth-order valence-electron chi connectivity index (χ4n) is 1.90. The number of hydrogen-bond acceptors (Lipinski definition) is 7. The standard InChI is InChI=1S/C16H20N4OS3/c1-11-2-6-13(7-3-11)22-9-8-17-14(21)10-23-16-20-19-15(24-16)18-12-4-5-12/h2-3,6-7,12H,4-5,8-10H2,1H3,(H,17,21)(H,18,19). The van der Waals surface area contributed by atoms with Gasteiger partial charge in [0.1, 0.15) is 0 Å². The van der Waals surface area contributed by atoms with Crippen molar-refractivity contribution in [2.24, 2.45) is 0 Å². The summed E-state index contributed by atoms with van der Waals surface area (Å²) in [5.41, 5.74) is 1.26. The predicted octanol–water partition coefficient (Wildman–Crippen LogP) is 3.42. The smallest absolute Gasteiger partial charge is 0.230 e. The molecule has 0 aliphatic heterocycles. The molecule has 1 heterocycles. The van der Waals surface area contributed by atoms with Gasteiger partial charge in [0, 0.05) is 23.2 Å². The fraction of sp³-hybridized carbons (Fsp3) is 0.438. The molecule has 0 bridgehead atoms. The molecule has 0 atom stereocenters. The van der Waals surface area contributed by atoms with Crippen LogP contribution in [0.2, 0.25) is 0 Å². The second-order valence-electron chi connectivity index (χ2n) is 5.59. The first-order valence-corrected chi connectivity index (χ1v) is 10.7. The van der Waals surface area contributed by atoms with E-state index in [9.17, 15) is 4.79 Å². The van der Waals surface area contributed by atoms with E-state index in [2.05, 4.69) is 52.0 Å². The van der Waals surface area contributed by atoms with Crippen molar-refractivity contribution >= 4 is 45.9 Å². The maximum Gasteiger partial charge on any atom is 0.230 e. The van der Waals surface area contributed by atoms with Gasteiger partial charge in [-0.3, -0.25) is 4.79 Å². The first-order valence-electron chi connectivity index (χ1n) is 7.88. The van der Waals surface area contributed by atoms with Crippen molar-refractivity contribution in [1.82, 2.24) is 15.5 Å². The second kappa shape index (κ2) is 8.73. The Hall–Kier alpha value is -1.25. The van der Waals surface area contributed by atoms with Crippen LogP contribution < -0.4 is 10.6 Å². The van der Waals surface area contributed by atoms with Gasteiger partial charge in [0.15, 0.2) is 4.34 Å². The summed E-state index contributed by atoms with van der Waals surface area (Å²) in [5.74, 6) is 1.29. The summed E-state index contributed by atoms with van der Waals surface area (Å²) in [5, 5.41) is 15.3. The van der Waals surface area contributed by atoms with Gasteiger partial charge in [0.2, 0.25) is 11.0 Å². The lowest BCUT2D eigenvalue weighted by Gasteiger charge is -2.04. The Morgan fingerprint density at radius 3 is 2.79 bits per heavy atom. The Morgan fingerprint density at radius 2 is 2.04 bits per heavy atom. The third-order valence-electron chi connectivity index (χ3n) is 3.35. The maximum absolute atomic E-state index is 11.9. The molecule has 2 aromatic rings. The third-order valence-corrected chi connectivity index (χ3v) is 6.35. The van der Waals surface area contributed by atoms with Gasteiger partial charge in [-0.25, -0.2) is 0 Å². The van der Waals surface area contributed by atoms with Crippen molar-refractivity contribution in [1.29, 1.82) is 0 Å². The SMILES string of the molecule is Cc1ccc(SCCNC(=O)CSc2nnc(NC3CC3)s2)cc1. The van der Waals surface area contributed by atoms with Crippen molar-refractivity contribution in [2.75, 3.05) is 23.4 Å². The van der Waals surface area contributed by atoms with E-state index < -0.39 is 0 Å². The first kappa shape index (κ1) is 17.6. The van der Waals surface area contributed by atoms with E-state index in [-0.39, 0.29) is 5.91 Å². The Bertz CT molecular complexity index is 670. The zero-order chi connectivity index (χ0) is 16.8. The topological polar surface area (TPSA) is 66.9 Å². The normalized spacial score (nSPS) is 13.7. The molecular weight excluding hydrogens is 360 g/mol. The monoisotopic (exact) mass is 380 g/mol. The summed E-state index contributed by atoms with van der Waals surface area (Å²) >= 11 is 4.70. The number of thioether (sulfide) groups is 2. The molecule has 1 fully saturated rings. The zero-order valence-corrected chi connectivity index (χ0v) is 15.9. The van der Waals surface area contributed by atoms with Crippen molar-refractivity contribution in [2.45, 2.75) is 35.0 Å². The van der Waals surface area contributed by atoms with Crippen LogP contribution in [-0.4, -0.2) is 40.2 Å². The number of rotatable bonds is 9. The summed E-state index contributed by atoms with van der Waals surface area (Å²) in [4.78, 5) is 13.1. The fourth-order valence-corrected chi connectivity index (χ4v) is 4.33. The van der Waals surface area contributed by atoms with Crippen molar-refractivity contribution in [3.8, 4) is 0 Å². The Morgan fingerprint density at radius 1 is 1.25 bits per heavy atom. The van der Waals surface area contributed by atoms with Crippen LogP contribution in [0.5, 0.6) is 0 Å². The Kier molecular flexibility index (Phi) is 6.39. The molecule has 1 aliphatic rings. The minimum atomic E-state index is 0.0383. The molecule has 1 saturated carbocycles. The summed E-state index contributed by atoms with van der Waals surface area (Å²) in [7, 11) is 0. The molecular formula is C16H20N4OS3. The highest BCUT2D eigenvalue weighted by Crippen LogP contribution is 2.30. The van der Waals surface area contributed by atoms with Gasteiger partial charge >= 0.3 is 0 Å². The van der Waals surface area contributed by atoms with E-state index in [0.717, 1.165) is 15.2 Å². The summed E-state index contributed by atoms with van der Waals surface area (Å²) in [6, 6.07) is 9.00. The first-order chi connectivity index (χ1) is 11.7. The highest BCUT2D eigenvalue weighted by atomic mass is 32.2. The summed E-state index contributed by atoms with van der Waals surface area (Å²) in [6.45, 7) is 2.75. The Balaban J connectivity index is 1.29. The number of carbonyl (C=O) groups is 1. The summed E-state index contributed by atoms with van der Waals surface area (Å²) < 4.78 is 0.835. The molecule has 0 unspecified atom stereocenters. The molecule has 1 aromatic carbocycles. The Labute approximate surface area is 154 Å². The number of benzene rings is 1. The average Bonchev–Trinajstić information content (AvgIpc) is 3.28. The number of anilines is 1. The van der Waals surface area contributed by atoms with Gasteiger partial charge in [-0.15, -0.1) is 22.0 Å². The van der Waals surface area contributed by atoms with E-state index in [1.807, 2.05) is 0 Å². The number of aromatic nitrogens is 2. The van der Waals surface area contributed by atoms with Crippen LogP contribution >= 0.6 is 34.9 Å². The van der Waals surface area contributed by atoms with Gasteiger partial charge in [0.25, 0.3) is 0 Å². The zero-order valence-electron chi connectivity index (χ0n) is 13.4. The van der Waals surface area contributed by atoms with E-state index in [0.29, 0.717) is 18.3 Å². The van der Waals surface area contributed by atoms with E-state index >= 15 is 0 Å². The number of amides is 1. The van der Waals surface area contributed by atoms with Gasteiger partial charge in [-0.2, -0.15) is 0 Å². The predicted molar refractivity (Wildman–Crippen MR) is 102 cm³/mol. The molecule has 8 heteroatoms. The quantitative estimate of drug-likeness (QED) is 0.513. The maximum atomic E-state index is 11.9. The van der Waals surface area contributed by atoms with Crippen molar-refractivity contribution < 1.29 is 4.79 Å². The average molecular weight is 381 g/mol. The van der Waals surface area contributed by atoms with Crippen LogP contribution in [0.25, 0.3) is 0 Å². The van der Waals surface area contributed by atoms with Crippen LogP contribution in [0.3, 0.4) is 0 Å². The van der Waals surface area contributed by atoms with Gasteiger partial charge < -0.3 is 10.6 Å². The van der Waals surface area contributed by atoms with Crippen LogP contribution in [0.1, 0.15) is 18.4 Å². The lowest BCUT2D eigenvalue weighted by molar-refractivity contribution is -0.118. The molecule has 128 valence electrons. The molecule has 5 nitrogen and oxygen atoms in total. The highest BCUT2D eigenvalue weighted by molar-refractivity contribution is 8.01. The van der Waals surface area contributed by atoms with E-state index in [1.165, 1.54) is 46.4 Å².